The van der Waals surface area contributed by atoms with Gasteiger partial charge in [-0.1, -0.05) is 0 Å². The summed E-state index contributed by atoms with van der Waals surface area (Å²) in [6.07, 6.45) is 6.06. The molecule has 0 aromatic rings. The largest absolute Gasteiger partial charge is 0.353 e. The Morgan fingerprint density at radius 1 is 1.56 bits per heavy atom. The van der Waals surface area contributed by atoms with E-state index in [9.17, 15) is 4.79 Å². The maximum absolute atomic E-state index is 11.8. The Bertz CT molecular complexity index is 259. The van der Waals surface area contributed by atoms with E-state index in [1.54, 1.807) is 0 Å². The van der Waals surface area contributed by atoms with Crippen LogP contribution in [0.3, 0.4) is 0 Å². The molecule has 2 unspecified atom stereocenters. The van der Waals surface area contributed by atoms with Crippen LogP contribution in [0.2, 0.25) is 0 Å². The Morgan fingerprint density at radius 3 is 2.72 bits per heavy atom. The van der Waals surface area contributed by atoms with Crippen LogP contribution in [-0.4, -0.2) is 54.5 Å². The van der Waals surface area contributed by atoms with Crippen LogP contribution in [0.15, 0.2) is 0 Å². The molecule has 0 heterocycles. The van der Waals surface area contributed by atoms with Gasteiger partial charge in [-0.2, -0.15) is 11.8 Å². The Kier molecular flexibility index (Phi) is 7.04. The van der Waals surface area contributed by atoms with Crippen LogP contribution in [-0.2, 0) is 4.79 Å². The van der Waals surface area contributed by atoms with Gasteiger partial charge in [-0.25, -0.2) is 0 Å². The van der Waals surface area contributed by atoms with Crippen molar-refractivity contribution >= 4 is 17.7 Å². The third-order valence-corrected chi connectivity index (χ3v) is 4.29. The lowest BCUT2D eigenvalue weighted by Crippen LogP contribution is -2.46. The second-order valence-corrected chi connectivity index (χ2v) is 6.22. The molecule has 5 heteroatoms. The number of nitrogens with zero attached hydrogens (tertiary/aromatic N) is 1. The van der Waals surface area contributed by atoms with Crippen LogP contribution in [0, 0.1) is 0 Å². The van der Waals surface area contributed by atoms with Crippen molar-refractivity contribution in [2.24, 2.45) is 5.73 Å². The Morgan fingerprint density at radius 2 is 2.22 bits per heavy atom. The third kappa shape index (κ3) is 5.59. The monoisotopic (exact) mass is 273 g/mol. The minimum Gasteiger partial charge on any atom is -0.353 e. The number of hydrogen-bond acceptors (Lipinski definition) is 4. The molecule has 106 valence electrons. The van der Waals surface area contributed by atoms with Crippen LogP contribution < -0.4 is 11.1 Å². The van der Waals surface area contributed by atoms with Crippen molar-refractivity contribution in [2.45, 2.75) is 50.7 Å². The van der Waals surface area contributed by atoms with Crippen molar-refractivity contribution in [3.05, 3.63) is 0 Å². The number of carbonyl (C=O) groups excluding carboxylic acids is 1. The first-order valence-electron chi connectivity index (χ1n) is 6.78. The van der Waals surface area contributed by atoms with E-state index in [2.05, 4.69) is 30.4 Å². The molecular weight excluding hydrogens is 246 g/mol. The van der Waals surface area contributed by atoms with E-state index in [1.165, 1.54) is 0 Å². The number of amides is 1. The van der Waals surface area contributed by atoms with Crippen molar-refractivity contribution in [1.29, 1.82) is 0 Å². The van der Waals surface area contributed by atoms with Crippen molar-refractivity contribution in [1.82, 2.24) is 10.2 Å². The topological polar surface area (TPSA) is 58.4 Å². The first kappa shape index (κ1) is 15.8. The fourth-order valence-corrected chi connectivity index (χ4v) is 2.55. The van der Waals surface area contributed by atoms with E-state index in [1.807, 2.05) is 11.8 Å². The van der Waals surface area contributed by atoms with E-state index >= 15 is 0 Å². The fraction of sp³-hybridized carbons (Fsp3) is 0.923. The molecule has 18 heavy (non-hydrogen) atoms. The normalized spacial score (nSPS) is 18.7. The standard InChI is InChI=1S/C13H27N3OS/c1-10(6-7-18-3)16(2)12(9-14)8-13(17)15-11-4-5-11/h10-12H,4-9,14H2,1-3H3,(H,15,17). The summed E-state index contributed by atoms with van der Waals surface area (Å²) >= 11 is 1.86. The van der Waals surface area contributed by atoms with Gasteiger partial charge in [0.05, 0.1) is 0 Å². The fourth-order valence-electron chi connectivity index (χ4n) is 1.97. The van der Waals surface area contributed by atoms with Gasteiger partial charge in [-0.05, 0) is 45.2 Å². The molecule has 1 saturated carbocycles. The molecule has 0 spiro atoms. The van der Waals surface area contributed by atoms with Crippen molar-refractivity contribution in [2.75, 3.05) is 25.6 Å². The molecule has 0 aromatic heterocycles. The van der Waals surface area contributed by atoms with Gasteiger partial charge in [0.2, 0.25) is 5.91 Å². The van der Waals surface area contributed by atoms with Crippen LogP contribution in [0.4, 0.5) is 0 Å². The summed E-state index contributed by atoms with van der Waals surface area (Å²) in [5, 5.41) is 3.03. The highest BCUT2D eigenvalue weighted by Crippen LogP contribution is 2.19. The lowest BCUT2D eigenvalue weighted by atomic mass is 10.1. The van der Waals surface area contributed by atoms with E-state index in [-0.39, 0.29) is 11.9 Å². The summed E-state index contributed by atoms with van der Waals surface area (Å²) in [6.45, 7) is 2.75. The summed E-state index contributed by atoms with van der Waals surface area (Å²) in [5.41, 5.74) is 5.81. The molecule has 4 nitrogen and oxygen atoms in total. The first-order valence-corrected chi connectivity index (χ1v) is 8.18. The average molecular weight is 273 g/mol. The van der Waals surface area contributed by atoms with Crippen molar-refractivity contribution in [3.63, 3.8) is 0 Å². The first-order chi connectivity index (χ1) is 8.58. The molecule has 0 aromatic carbocycles. The van der Waals surface area contributed by atoms with Crippen LogP contribution in [0.1, 0.15) is 32.6 Å². The second kappa shape index (κ2) is 8.02. The predicted molar refractivity (Wildman–Crippen MR) is 78.8 cm³/mol. The smallest absolute Gasteiger partial charge is 0.221 e. The molecule has 3 N–H and O–H groups in total. The minimum absolute atomic E-state index is 0.150. The molecule has 1 rings (SSSR count). The number of thioether (sulfide) groups is 1. The number of nitrogens with two attached hydrogens (primary N) is 1. The zero-order valence-corrected chi connectivity index (χ0v) is 12.6. The second-order valence-electron chi connectivity index (χ2n) is 5.23. The molecule has 2 atom stereocenters. The number of likely N-dealkylation sites (N-methyl/N-ethyl adjacent to an activating group) is 1. The van der Waals surface area contributed by atoms with Gasteiger partial charge < -0.3 is 11.1 Å². The highest BCUT2D eigenvalue weighted by molar-refractivity contribution is 7.98. The van der Waals surface area contributed by atoms with Crippen LogP contribution >= 0.6 is 11.8 Å². The van der Waals surface area contributed by atoms with E-state index in [0.717, 1.165) is 25.0 Å². The zero-order valence-electron chi connectivity index (χ0n) is 11.8. The highest BCUT2D eigenvalue weighted by atomic mass is 32.2. The van der Waals surface area contributed by atoms with Gasteiger partial charge in [-0.3, -0.25) is 9.69 Å². The third-order valence-electron chi connectivity index (χ3n) is 3.65. The van der Waals surface area contributed by atoms with E-state index in [4.69, 9.17) is 5.73 Å². The Balaban J connectivity index is 2.34. The molecule has 1 aliphatic carbocycles. The van der Waals surface area contributed by atoms with E-state index in [0.29, 0.717) is 25.0 Å². The zero-order chi connectivity index (χ0) is 13.5. The highest BCUT2D eigenvalue weighted by Gasteiger charge is 2.26. The van der Waals surface area contributed by atoms with Crippen LogP contribution in [0.5, 0.6) is 0 Å². The maximum Gasteiger partial charge on any atom is 0.221 e. The Labute approximate surface area is 115 Å². The summed E-state index contributed by atoms with van der Waals surface area (Å²) in [6, 6.07) is 1.07. The van der Waals surface area contributed by atoms with Gasteiger partial charge >= 0.3 is 0 Å². The maximum atomic E-state index is 11.8. The molecular formula is C13H27N3OS. The van der Waals surface area contributed by atoms with E-state index < -0.39 is 0 Å². The summed E-state index contributed by atoms with van der Waals surface area (Å²) < 4.78 is 0. The number of hydrogen-bond donors (Lipinski definition) is 2. The molecule has 0 saturated heterocycles. The molecule has 0 bridgehead atoms. The predicted octanol–water partition coefficient (Wildman–Crippen LogP) is 1.06. The number of carbonyl (C=O) groups is 1. The lowest BCUT2D eigenvalue weighted by molar-refractivity contribution is -0.122. The summed E-state index contributed by atoms with van der Waals surface area (Å²) in [5.74, 6) is 1.30. The van der Waals surface area contributed by atoms with Crippen LogP contribution in [0.25, 0.3) is 0 Å². The molecule has 0 aliphatic heterocycles. The van der Waals surface area contributed by atoms with Gasteiger partial charge in [0.1, 0.15) is 0 Å². The van der Waals surface area contributed by atoms with Gasteiger partial charge in [-0.15, -0.1) is 0 Å². The van der Waals surface area contributed by atoms with Gasteiger partial charge in [0, 0.05) is 31.1 Å². The SMILES string of the molecule is CSCCC(C)N(C)C(CN)CC(=O)NC1CC1. The molecule has 0 radical (unpaired) electrons. The van der Waals surface area contributed by atoms with Crippen molar-refractivity contribution < 1.29 is 4.79 Å². The number of nitrogens with one attached hydrogen (secondary N) is 1. The summed E-state index contributed by atoms with van der Waals surface area (Å²) in [7, 11) is 2.08. The lowest BCUT2D eigenvalue weighted by Gasteiger charge is -2.32. The van der Waals surface area contributed by atoms with Gasteiger partial charge in [0.15, 0.2) is 0 Å². The number of rotatable bonds is 9. The minimum atomic E-state index is 0.150. The van der Waals surface area contributed by atoms with Crippen molar-refractivity contribution in [3.8, 4) is 0 Å². The average Bonchev–Trinajstić information content (AvgIpc) is 3.15. The molecule has 1 fully saturated rings. The summed E-state index contributed by atoms with van der Waals surface area (Å²) in [4.78, 5) is 14.1. The van der Waals surface area contributed by atoms with Gasteiger partial charge in [0.25, 0.3) is 0 Å². The molecule has 1 amide bonds. The molecule has 1 aliphatic rings. The quantitative estimate of drug-likeness (QED) is 0.659. The Hall–Kier alpha value is -0.260.